The van der Waals surface area contributed by atoms with Crippen molar-refractivity contribution in [2.45, 2.75) is 19.3 Å². The molecule has 0 bridgehead atoms. The molecule has 0 spiro atoms. The molecule has 0 aliphatic rings. The molecule has 2 aromatic heterocycles. The summed E-state index contributed by atoms with van der Waals surface area (Å²) >= 11 is 0. The average molecular weight is 438 g/mol. The number of carbonyl (C=O) groups is 1. The highest BCUT2D eigenvalue weighted by Gasteiger charge is 2.39. The van der Waals surface area contributed by atoms with E-state index in [4.69, 9.17) is 0 Å². The van der Waals surface area contributed by atoms with E-state index in [-0.39, 0.29) is 18.9 Å². The third kappa shape index (κ3) is 6.29. The molecule has 29 heavy (non-hydrogen) atoms. The number of esters is 1. The minimum absolute atomic E-state index is 0.123. The molecule has 2 aromatic rings. The fourth-order valence-corrected chi connectivity index (χ4v) is 1.68. The first-order valence-electron chi connectivity index (χ1n) is 7.16. The van der Waals surface area contributed by atoms with Crippen LogP contribution >= 0.6 is 0 Å². The van der Waals surface area contributed by atoms with Crippen LogP contribution in [0.2, 0.25) is 0 Å². The summed E-state index contributed by atoms with van der Waals surface area (Å²) in [5, 5.41) is 0. The van der Waals surface area contributed by atoms with Crippen LogP contribution in [0.3, 0.4) is 0 Å². The monoisotopic (exact) mass is 438 g/mol. The second kappa shape index (κ2) is 9.05. The van der Waals surface area contributed by atoms with Crippen molar-refractivity contribution in [3.8, 4) is 0 Å². The lowest BCUT2D eigenvalue weighted by Gasteiger charge is -2.10. The molecule has 14 heteroatoms. The zero-order chi connectivity index (χ0) is 22.6. The molecule has 0 saturated heterocycles. The van der Waals surface area contributed by atoms with Gasteiger partial charge in [-0.15, -0.1) is 0 Å². The topological polar surface area (TPSA) is 52.1 Å². The molecular weight excluding hydrogens is 430 g/mol. The average Bonchev–Trinajstić information content (AvgIpc) is 2.53. The number of ether oxygens (including phenoxy) is 1. The summed E-state index contributed by atoms with van der Waals surface area (Å²) in [6.45, 7) is 1.13. The second-order valence-corrected chi connectivity index (χ2v) is 4.84. The molecule has 0 radical (unpaired) electrons. The summed E-state index contributed by atoms with van der Waals surface area (Å²) in [6.07, 6.45) is -9.55. The molecule has 0 aliphatic heterocycles. The van der Waals surface area contributed by atoms with Crippen LogP contribution < -0.4 is 0 Å². The fourth-order valence-electron chi connectivity index (χ4n) is 1.68. The molecular formula is C15H8F10N2O2. The van der Waals surface area contributed by atoms with Crippen molar-refractivity contribution < 1.29 is 53.4 Å². The Balaban J connectivity index is 0.000000308. The largest absolute Gasteiger partial charge is 0.462 e. The van der Waals surface area contributed by atoms with Gasteiger partial charge in [0.2, 0.25) is 0 Å². The van der Waals surface area contributed by atoms with E-state index in [0.29, 0.717) is 6.20 Å². The van der Waals surface area contributed by atoms with Gasteiger partial charge in [0.05, 0.1) is 19.0 Å². The first-order chi connectivity index (χ1) is 13.2. The summed E-state index contributed by atoms with van der Waals surface area (Å²) in [5.74, 6) is -7.93. The predicted octanol–water partition coefficient (Wildman–Crippen LogP) is 4.93. The highest BCUT2D eigenvalue weighted by atomic mass is 19.4. The molecule has 0 saturated carbocycles. The van der Waals surface area contributed by atoms with Gasteiger partial charge in [-0.3, -0.25) is 0 Å². The number of alkyl halides is 6. The quantitative estimate of drug-likeness (QED) is 0.493. The molecule has 0 N–H and O–H groups in total. The lowest BCUT2D eigenvalue weighted by atomic mass is 10.2. The Kier molecular flexibility index (Phi) is 7.52. The van der Waals surface area contributed by atoms with E-state index < -0.39 is 58.5 Å². The number of halogens is 10. The number of hydrogen-bond donors (Lipinski definition) is 0. The molecule has 4 nitrogen and oxygen atoms in total. The van der Waals surface area contributed by atoms with Crippen LogP contribution in [0.4, 0.5) is 43.9 Å². The van der Waals surface area contributed by atoms with Crippen molar-refractivity contribution in [2.24, 2.45) is 0 Å². The third-order valence-electron chi connectivity index (χ3n) is 2.80. The predicted molar refractivity (Wildman–Crippen MR) is 74.3 cm³/mol. The second-order valence-electron chi connectivity index (χ2n) is 4.84. The van der Waals surface area contributed by atoms with Gasteiger partial charge in [-0.25, -0.2) is 32.3 Å². The smallest absolute Gasteiger partial charge is 0.436 e. The van der Waals surface area contributed by atoms with E-state index in [1.54, 1.807) is 0 Å². The van der Waals surface area contributed by atoms with Crippen LogP contribution in [0, 0.1) is 23.3 Å². The number of hydrogen-bond acceptors (Lipinski definition) is 4. The molecule has 160 valence electrons. The third-order valence-corrected chi connectivity index (χ3v) is 2.80. The van der Waals surface area contributed by atoms with Crippen LogP contribution in [-0.4, -0.2) is 22.5 Å². The maximum atomic E-state index is 13.3. The van der Waals surface area contributed by atoms with E-state index in [2.05, 4.69) is 14.7 Å². The van der Waals surface area contributed by atoms with E-state index in [1.807, 2.05) is 0 Å². The Bertz CT molecular complexity index is 881. The summed E-state index contributed by atoms with van der Waals surface area (Å²) in [4.78, 5) is 16.2. The molecule has 0 aliphatic carbocycles. The molecule has 0 unspecified atom stereocenters. The van der Waals surface area contributed by atoms with E-state index in [0.717, 1.165) is 0 Å². The van der Waals surface area contributed by atoms with Gasteiger partial charge >= 0.3 is 18.3 Å². The molecule has 0 atom stereocenters. The lowest BCUT2D eigenvalue weighted by molar-refractivity contribution is -0.144. The van der Waals surface area contributed by atoms with Gasteiger partial charge in [0.25, 0.3) is 0 Å². The SMILES string of the molecule is CCOC(=O)c1c(F)cnc(C(F)(F)F)c1F.Fc1cnc(C(F)(F)F)c(F)c1. The maximum absolute atomic E-state index is 13.3. The van der Waals surface area contributed by atoms with Gasteiger partial charge < -0.3 is 4.74 Å². The van der Waals surface area contributed by atoms with Gasteiger partial charge in [-0.05, 0) is 6.92 Å². The number of pyridine rings is 2. The highest BCUT2D eigenvalue weighted by Crippen LogP contribution is 2.31. The zero-order valence-corrected chi connectivity index (χ0v) is 13.9. The van der Waals surface area contributed by atoms with Gasteiger partial charge in [-0.2, -0.15) is 26.3 Å². The Morgan fingerprint density at radius 2 is 1.41 bits per heavy atom. The standard InChI is InChI=1S/C9H6F5NO2.C6H2F5N/c1-2-17-8(16)5-4(10)3-15-7(6(5)11)9(12,13)14;7-3-1-4(8)5(12-2-3)6(9,10)11/h3H,2H2,1H3;1-2H. The normalized spacial score (nSPS) is 11.6. The van der Waals surface area contributed by atoms with Crippen molar-refractivity contribution >= 4 is 5.97 Å². The van der Waals surface area contributed by atoms with Crippen LogP contribution in [0.25, 0.3) is 0 Å². The van der Waals surface area contributed by atoms with E-state index in [1.165, 1.54) is 6.92 Å². The molecule has 2 rings (SSSR count). The van der Waals surface area contributed by atoms with Gasteiger partial charge in [-0.1, -0.05) is 0 Å². The zero-order valence-electron chi connectivity index (χ0n) is 13.9. The lowest BCUT2D eigenvalue weighted by Crippen LogP contribution is -2.18. The molecule has 0 amide bonds. The molecule has 2 heterocycles. The van der Waals surface area contributed by atoms with Gasteiger partial charge in [0.15, 0.2) is 28.8 Å². The number of nitrogens with zero attached hydrogens (tertiary/aromatic N) is 2. The van der Waals surface area contributed by atoms with Crippen molar-refractivity contribution in [3.63, 3.8) is 0 Å². The first kappa shape index (κ1) is 24.1. The minimum atomic E-state index is -5.11. The van der Waals surface area contributed by atoms with Crippen LogP contribution in [-0.2, 0) is 17.1 Å². The van der Waals surface area contributed by atoms with Crippen molar-refractivity contribution in [1.29, 1.82) is 0 Å². The van der Waals surface area contributed by atoms with Gasteiger partial charge in [0.1, 0.15) is 11.4 Å². The van der Waals surface area contributed by atoms with E-state index >= 15 is 0 Å². The highest BCUT2D eigenvalue weighted by molar-refractivity contribution is 5.90. The minimum Gasteiger partial charge on any atom is -0.462 e. The Labute approximate surface area is 155 Å². The number of rotatable bonds is 2. The number of aromatic nitrogens is 2. The van der Waals surface area contributed by atoms with Crippen LogP contribution in [0.5, 0.6) is 0 Å². The number of carbonyl (C=O) groups excluding carboxylic acids is 1. The van der Waals surface area contributed by atoms with Crippen molar-refractivity contribution in [1.82, 2.24) is 9.97 Å². The Morgan fingerprint density at radius 3 is 1.86 bits per heavy atom. The van der Waals surface area contributed by atoms with Gasteiger partial charge in [0, 0.05) is 6.07 Å². The summed E-state index contributed by atoms with van der Waals surface area (Å²) in [5.41, 5.74) is -5.06. The van der Waals surface area contributed by atoms with E-state index in [9.17, 15) is 48.7 Å². The summed E-state index contributed by atoms with van der Waals surface area (Å²) in [7, 11) is 0. The first-order valence-corrected chi connectivity index (χ1v) is 7.16. The summed E-state index contributed by atoms with van der Waals surface area (Å²) < 4.78 is 127. The maximum Gasteiger partial charge on any atom is 0.436 e. The van der Waals surface area contributed by atoms with Crippen LogP contribution in [0.1, 0.15) is 28.7 Å². The molecule has 0 fully saturated rings. The Morgan fingerprint density at radius 1 is 0.897 bits per heavy atom. The fraction of sp³-hybridized carbons (Fsp3) is 0.267. The molecule has 0 aromatic carbocycles. The van der Waals surface area contributed by atoms with Crippen LogP contribution in [0.15, 0.2) is 18.5 Å². The Hall–Kier alpha value is -2.93. The van der Waals surface area contributed by atoms with Crippen molar-refractivity contribution in [2.75, 3.05) is 6.61 Å². The summed E-state index contributed by atoms with van der Waals surface area (Å²) in [6, 6.07) is 0.135. The van der Waals surface area contributed by atoms with Crippen molar-refractivity contribution in [3.05, 3.63) is 58.7 Å².